The molecule has 0 aliphatic carbocycles. The van der Waals surface area contributed by atoms with Gasteiger partial charge in [-0.2, -0.15) is 0 Å². The van der Waals surface area contributed by atoms with E-state index in [-0.39, 0.29) is 95.4 Å². The number of urea groups is 1. The third-order valence-electron chi connectivity index (χ3n) is 15.7. The molecule has 96 heavy (non-hydrogen) atoms. The minimum Gasteiger partial charge on any atom is -0.445 e. The predicted octanol–water partition coefficient (Wildman–Crippen LogP) is 8.13. The van der Waals surface area contributed by atoms with Gasteiger partial charge in [0.05, 0.1) is 76.3 Å². The van der Waals surface area contributed by atoms with Crippen LogP contribution in [0.1, 0.15) is 112 Å². The summed E-state index contributed by atoms with van der Waals surface area (Å²) in [5.41, 5.74) is 28.7. The van der Waals surface area contributed by atoms with Gasteiger partial charge in [0.1, 0.15) is 24.5 Å². The number of unbranched alkanes of at least 4 members (excludes halogenated alkanes) is 1. The Bertz CT molecular complexity index is 3620. The van der Waals surface area contributed by atoms with Crippen LogP contribution in [0.5, 0.6) is 0 Å². The number of ether oxygens (including phenoxy) is 5. The lowest BCUT2D eigenvalue weighted by Crippen LogP contribution is -2.54. The Balaban J connectivity index is 0.738. The summed E-state index contributed by atoms with van der Waals surface area (Å²) in [4.78, 5) is 102. The van der Waals surface area contributed by atoms with Crippen LogP contribution in [0.25, 0.3) is 22.6 Å². The lowest BCUT2D eigenvalue weighted by atomic mass is 9.95. The number of carbonyl (C=O) groups excluding carboxylic acids is 7. The Labute approximate surface area is 561 Å². The molecule has 1 aromatic heterocycles. The molecule has 5 aromatic carbocycles. The number of alkyl carbamates (subject to hydrolysis) is 1. The number of pyridine rings is 1. The van der Waals surface area contributed by atoms with Gasteiger partial charge >= 0.3 is 12.1 Å². The van der Waals surface area contributed by atoms with Crippen LogP contribution in [0.3, 0.4) is 0 Å². The minimum absolute atomic E-state index is 0.0357. The molecule has 2 heterocycles. The molecule has 24 heteroatoms. The van der Waals surface area contributed by atoms with E-state index in [9.17, 15) is 33.6 Å². The van der Waals surface area contributed by atoms with Crippen molar-refractivity contribution in [1.29, 1.82) is 0 Å². The number of hydrogen-bond acceptors (Lipinski definition) is 16. The molecule has 6 aromatic rings. The van der Waals surface area contributed by atoms with Gasteiger partial charge in [0.15, 0.2) is 0 Å². The first kappa shape index (κ1) is 73.7. The molecule has 2 atom stereocenters. The number of aliphatic imine (C=N–C) groups is 1. The average Bonchev–Trinajstić information content (AvgIpc) is 0.788. The zero-order chi connectivity index (χ0) is 68.6. The molecule has 0 saturated heterocycles. The summed E-state index contributed by atoms with van der Waals surface area (Å²) in [5, 5.41) is 17.3. The van der Waals surface area contributed by atoms with E-state index in [1.54, 1.807) is 43.0 Å². The van der Waals surface area contributed by atoms with Crippen LogP contribution in [0.2, 0.25) is 0 Å². The van der Waals surface area contributed by atoms with Gasteiger partial charge in [-0.3, -0.25) is 29.0 Å². The third kappa shape index (κ3) is 23.9. The number of nitrogens with two attached hydrogens (primary N) is 3. The standard InChI is InChI=1S/C72H92N12O12/c1-5-6-32-76-60(65-57-17-10-11-18-58(57)81-68(74)66(65)73)44-50-21-23-51(24-22-50)45-79-72(91)96-47-52-25-27-55(28-26-52)80-69(88)59(19-13-33-78-71(75)90)82-70(89)67(48(2)3)83-63(86)31-35-92-37-39-94-41-42-95-40-38-93-36-34-77-62(85)29-30-64(87)84-46-54-15-7-9-16-56(54)49(4)43-53-14-8-12-20-61(53)84/h7-12,14-18,20-28,43,48,59,67H,5-6,13,19,29-42,44-47,73H2,1-4H3,(H2,74,81)(H,77,85)(H,79,91)(H,80,88)(H,82,89)(H,83,86)(H3,75,78,90)/b49-43-,76-60?/t59-,67-/m0/s1. The first-order valence-electron chi connectivity index (χ1n) is 32.7. The summed E-state index contributed by atoms with van der Waals surface area (Å²) in [6, 6.07) is 35.3. The molecule has 8 amide bonds. The molecule has 24 nitrogen and oxygen atoms in total. The van der Waals surface area contributed by atoms with Crippen LogP contribution < -0.4 is 54.0 Å². The number of nitrogens with zero attached hydrogens (tertiary/aromatic N) is 3. The highest BCUT2D eigenvalue weighted by molar-refractivity contribution is 6.16. The molecule has 0 unspecified atom stereocenters. The second-order valence-electron chi connectivity index (χ2n) is 23.5. The summed E-state index contributed by atoms with van der Waals surface area (Å²) in [5.74, 6) is -2.00. The van der Waals surface area contributed by atoms with E-state index < -0.39 is 41.9 Å². The number of rotatable bonds is 38. The van der Waals surface area contributed by atoms with Crippen molar-refractivity contribution in [1.82, 2.24) is 31.6 Å². The average molecular weight is 1320 g/mol. The Morgan fingerprint density at radius 2 is 1.31 bits per heavy atom. The minimum atomic E-state index is -1.06. The van der Waals surface area contributed by atoms with Crippen molar-refractivity contribution in [3.05, 3.63) is 160 Å². The van der Waals surface area contributed by atoms with E-state index in [1.807, 2.05) is 91.0 Å². The molecular formula is C72H92N12O12. The van der Waals surface area contributed by atoms with Gasteiger partial charge in [-0.1, -0.05) is 124 Å². The Morgan fingerprint density at radius 3 is 2.03 bits per heavy atom. The first-order chi connectivity index (χ1) is 46.5. The molecule has 1 aliphatic heterocycles. The summed E-state index contributed by atoms with van der Waals surface area (Å²) in [7, 11) is 0. The highest BCUT2D eigenvalue weighted by atomic mass is 16.6. The molecule has 7 rings (SSSR count). The molecule has 512 valence electrons. The van der Waals surface area contributed by atoms with Crippen LogP contribution in [0.4, 0.5) is 32.5 Å². The Morgan fingerprint density at radius 1 is 0.656 bits per heavy atom. The number of fused-ring (bicyclic) bond motifs is 3. The zero-order valence-electron chi connectivity index (χ0n) is 55.4. The second kappa shape index (κ2) is 39.2. The highest BCUT2D eigenvalue weighted by Crippen LogP contribution is 2.33. The molecule has 1 aliphatic rings. The topological polar surface area (TPSA) is 344 Å². The van der Waals surface area contributed by atoms with Crippen molar-refractivity contribution >= 4 is 92.8 Å². The number of nitrogen functional groups attached to an aromatic ring is 2. The fourth-order valence-electron chi connectivity index (χ4n) is 10.6. The smallest absolute Gasteiger partial charge is 0.407 e. The number of allylic oxidation sites excluding steroid dienone is 1. The number of amides is 8. The Hall–Kier alpha value is -9.75. The molecule has 0 spiro atoms. The number of primary amides is 1. The zero-order valence-corrected chi connectivity index (χ0v) is 55.4. The van der Waals surface area contributed by atoms with Crippen molar-refractivity contribution in [3.63, 3.8) is 0 Å². The highest BCUT2D eigenvalue weighted by Gasteiger charge is 2.30. The van der Waals surface area contributed by atoms with Crippen LogP contribution in [0.15, 0.2) is 126 Å². The van der Waals surface area contributed by atoms with Gasteiger partial charge in [0, 0.05) is 74.2 Å². The Kier molecular flexibility index (Phi) is 30.1. The number of para-hydroxylation sites is 2. The second-order valence-corrected chi connectivity index (χ2v) is 23.5. The van der Waals surface area contributed by atoms with Crippen molar-refractivity contribution in [2.45, 2.75) is 111 Å². The van der Waals surface area contributed by atoms with Crippen LogP contribution in [-0.4, -0.2) is 137 Å². The van der Waals surface area contributed by atoms with Crippen LogP contribution in [-0.2, 0) is 73.8 Å². The van der Waals surface area contributed by atoms with Crippen molar-refractivity contribution < 1.29 is 57.2 Å². The van der Waals surface area contributed by atoms with Gasteiger partial charge < -0.3 is 77.7 Å². The fourth-order valence-corrected chi connectivity index (χ4v) is 10.6. The number of hydrogen-bond donors (Lipinski definition) is 9. The lowest BCUT2D eigenvalue weighted by molar-refractivity contribution is -0.132. The number of aromatic nitrogens is 1. The third-order valence-corrected chi connectivity index (χ3v) is 15.7. The van der Waals surface area contributed by atoms with Crippen LogP contribution in [0, 0.1) is 5.92 Å². The summed E-state index contributed by atoms with van der Waals surface area (Å²) in [6.45, 7) is 11.5. The van der Waals surface area contributed by atoms with Gasteiger partial charge in [-0.25, -0.2) is 14.6 Å². The molecule has 0 saturated carbocycles. The van der Waals surface area contributed by atoms with E-state index in [4.69, 9.17) is 45.9 Å². The first-order valence-corrected chi connectivity index (χ1v) is 32.7. The van der Waals surface area contributed by atoms with Crippen LogP contribution >= 0.6 is 0 Å². The summed E-state index contributed by atoms with van der Waals surface area (Å²) >= 11 is 0. The molecule has 0 radical (unpaired) electrons. The van der Waals surface area contributed by atoms with E-state index in [2.05, 4.69) is 62.9 Å². The van der Waals surface area contributed by atoms with E-state index >= 15 is 0 Å². The maximum atomic E-state index is 13.7. The summed E-state index contributed by atoms with van der Waals surface area (Å²) in [6.07, 6.45) is 4.41. The van der Waals surface area contributed by atoms with Crippen molar-refractivity contribution in [2.24, 2.45) is 16.6 Å². The predicted molar refractivity (Wildman–Crippen MR) is 372 cm³/mol. The number of nitrogens with one attached hydrogen (secondary N) is 6. The maximum absolute atomic E-state index is 13.7. The van der Waals surface area contributed by atoms with Crippen molar-refractivity contribution in [2.75, 3.05) is 94.2 Å². The van der Waals surface area contributed by atoms with Gasteiger partial charge in [0.2, 0.25) is 29.5 Å². The molecule has 12 N–H and O–H groups in total. The number of anilines is 4. The van der Waals surface area contributed by atoms with E-state index in [1.165, 1.54) is 0 Å². The SMILES string of the molecule is CCCCN=C(Cc1ccc(CNC(=O)OCc2ccc(NC(=O)[C@H](CCCNC(N)=O)NC(=O)[C@@H](NC(=O)CCOCCOCCOCCOCCNC(=O)CCC(=O)N3Cc4ccccc4/C(C)=C\c4ccccc43)C(C)C)cc2)cc1)c1c(N)c(N)nc2ccccc12. The normalized spacial score (nSPS) is 13.2. The van der Waals surface area contributed by atoms with Gasteiger partial charge in [-0.15, -0.1) is 0 Å². The molecular weight excluding hydrogens is 1220 g/mol. The largest absolute Gasteiger partial charge is 0.445 e. The van der Waals surface area contributed by atoms with E-state index in [0.29, 0.717) is 75.8 Å². The quantitative estimate of drug-likeness (QED) is 0.0130. The lowest BCUT2D eigenvalue weighted by Gasteiger charge is -2.28. The molecule has 0 bridgehead atoms. The monoisotopic (exact) mass is 1320 g/mol. The van der Waals surface area contributed by atoms with Gasteiger partial charge in [0.25, 0.3) is 0 Å². The summed E-state index contributed by atoms with van der Waals surface area (Å²) < 4.78 is 27.8. The fraction of sp³-hybridized carbons (Fsp3) is 0.403. The van der Waals surface area contributed by atoms with Gasteiger partial charge in [-0.05, 0) is 101 Å². The number of benzene rings is 5. The molecule has 0 fully saturated rings. The maximum Gasteiger partial charge on any atom is 0.407 e. The van der Waals surface area contributed by atoms with E-state index in [0.717, 1.165) is 74.1 Å². The van der Waals surface area contributed by atoms with Crippen molar-refractivity contribution in [3.8, 4) is 0 Å². The number of carbonyl (C=O) groups is 7.